The maximum absolute atomic E-state index is 13.9. The lowest BCUT2D eigenvalue weighted by Gasteiger charge is -2.45. The van der Waals surface area contributed by atoms with Crippen molar-refractivity contribution in [2.24, 2.45) is 11.8 Å². The molecule has 1 N–H and O–H groups in total. The first kappa shape index (κ1) is 34.9. The van der Waals surface area contributed by atoms with Crippen LogP contribution in [0.2, 0.25) is 0 Å². The number of carbonyl (C=O) groups excluding carboxylic acids is 2. The first-order chi connectivity index (χ1) is 23.3. The highest BCUT2D eigenvalue weighted by molar-refractivity contribution is 5.83. The summed E-state index contributed by atoms with van der Waals surface area (Å²) in [5.41, 5.74) is 0.731. The zero-order valence-electron chi connectivity index (χ0n) is 29.9. The quantitative estimate of drug-likeness (QED) is 0.199. The van der Waals surface area contributed by atoms with Crippen molar-refractivity contribution < 1.29 is 28.7 Å². The van der Waals surface area contributed by atoms with Gasteiger partial charge in [-0.05, 0) is 104 Å². The molecule has 4 aromatic carbocycles. The average molecular weight is 666 g/mol. The van der Waals surface area contributed by atoms with Gasteiger partial charge in [-0.15, -0.1) is 0 Å². The smallest absolute Gasteiger partial charge is 0.437 e. The highest BCUT2D eigenvalue weighted by Gasteiger charge is 2.49. The minimum atomic E-state index is -0.888. The number of aliphatic hydroxyl groups is 1. The van der Waals surface area contributed by atoms with Crippen LogP contribution >= 0.6 is 0 Å². The second kappa shape index (κ2) is 14.1. The fraction of sp³-hybridized carbons (Fsp3) is 0.476. The number of hydrogen-bond donors (Lipinski definition) is 1. The van der Waals surface area contributed by atoms with Gasteiger partial charge in [0.2, 0.25) is 0 Å². The number of piperidine rings is 2. The second-order valence-electron chi connectivity index (χ2n) is 16.1. The maximum Gasteiger partial charge on any atom is 0.516 e. The Morgan fingerprint density at radius 2 is 1.35 bits per heavy atom. The number of aliphatic hydroxyl groups excluding tert-OH is 1. The summed E-state index contributed by atoms with van der Waals surface area (Å²) in [5.74, 6) is 0.530. The molecule has 2 saturated heterocycles. The third-order valence-electron chi connectivity index (χ3n) is 10.5. The van der Waals surface area contributed by atoms with Gasteiger partial charge in [0.05, 0.1) is 19.2 Å². The molecule has 0 bridgehead atoms. The molecule has 1 unspecified atom stereocenters. The van der Waals surface area contributed by atoms with Crippen molar-refractivity contribution in [1.29, 1.82) is 0 Å². The molecule has 7 nitrogen and oxygen atoms in total. The Labute approximate surface area is 291 Å². The molecule has 2 fully saturated rings. The number of carbonyl (C=O) groups is 2. The van der Waals surface area contributed by atoms with Crippen LogP contribution in [0.25, 0.3) is 21.5 Å². The molecule has 2 aliphatic heterocycles. The summed E-state index contributed by atoms with van der Waals surface area (Å²) in [6.45, 7) is 12.2. The van der Waals surface area contributed by atoms with Crippen molar-refractivity contribution in [2.75, 3.05) is 32.7 Å². The lowest BCUT2D eigenvalue weighted by molar-refractivity contribution is -0.870. The fourth-order valence-corrected chi connectivity index (χ4v) is 7.91. The van der Waals surface area contributed by atoms with Gasteiger partial charge < -0.3 is 19.5 Å². The van der Waals surface area contributed by atoms with Crippen LogP contribution < -0.4 is 0 Å². The molecule has 6 rings (SSSR count). The van der Waals surface area contributed by atoms with Crippen LogP contribution in [0.15, 0.2) is 84.9 Å². The Hall–Kier alpha value is -3.94. The number of ether oxygens (including phenoxy) is 2. The van der Waals surface area contributed by atoms with Crippen molar-refractivity contribution in [2.45, 2.75) is 84.0 Å². The minimum Gasteiger partial charge on any atom is -0.437 e. The van der Waals surface area contributed by atoms with Gasteiger partial charge in [0.15, 0.2) is 5.60 Å². The molecule has 4 aromatic rings. The number of nitrogens with zero attached hydrogens (tertiary/aromatic N) is 2. The summed E-state index contributed by atoms with van der Waals surface area (Å²) in [6, 6.07) is 29.4. The number of amides is 2. The van der Waals surface area contributed by atoms with E-state index in [-0.39, 0.29) is 22.6 Å². The van der Waals surface area contributed by atoms with E-state index in [0.717, 1.165) is 35.6 Å². The summed E-state index contributed by atoms with van der Waals surface area (Å²) in [6.07, 6.45) is 2.96. The molecule has 0 aliphatic carbocycles. The van der Waals surface area contributed by atoms with E-state index in [1.54, 1.807) is 4.90 Å². The van der Waals surface area contributed by atoms with Crippen LogP contribution in [0.5, 0.6) is 0 Å². The van der Waals surface area contributed by atoms with Gasteiger partial charge in [-0.25, -0.2) is 9.28 Å². The van der Waals surface area contributed by atoms with E-state index < -0.39 is 17.3 Å². The number of hydrogen-bond acceptors (Lipinski definition) is 5. The third kappa shape index (κ3) is 8.45. The van der Waals surface area contributed by atoms with Crippen molar-refractivity contribution in [3.05, 3.63) is 96.1 Å². The summed E-state index contributed by atoms with van der Waals surface area (Å²) in [4.78, 5) is 29.1. The summed E-state index contributed by atoms with van der Waals surface area (Å²) < 4.78 is 12.3. The van der Waals surface area contributed by atoms with Crippen molar-refractivity contribution in [3.8, 4) is 0 Å². The summed E-state index contributed by atoms with van der Waals surface area (Å²) >= 11 is 0. The lowest BCUT2D eigenvalue weighted by Crippen LogP contribution is -2.63. The molecule has 2 aliphatic rings. The normalized spacial score (nSPS) is 21.4. The molecule has 49 heavy (non-hydrogen) atoms. The van der Waals surface area contributed by atoms with Crippen LogP contribution in [-0.2, 0) is 15.9 Å². The molecule has 0 aromatic heterocycles. The van der Waals surface area contributed by atoms with E-state index in [4.69, 9.17) is 9.47 Å². The Kier molecular flexibility index (Phi) is 10.1. The van der Waals surface area contributed by atoms with Gasteiger partial charge in [0.25, 0.3) is 0 Å². The fourth-order valence-electron chi connectivity index (χ4n) is 7.91. The van der Waals surface area contributed by atoms with Crippen LogP contribution in [0.3, 0.4) is 0 Å². The molecule has 0 saturated carbocycles. The molecule has 7 heteroatoms. The zero-order chi connectivity index (χ0) is 34.8. The Balaban J connectivity index is 1.07. The van der Waals surface area contributed by atoms with Gasteiger partial charge in [-0.1, -0.05) is 78.9 Å². The molecule has 0 radical (unpaired) electrons. The predicted molar refractivity (Wildman–Crippen MR) is 195 cm³/mol. The highest BCUT2D eigenvalue weighted by Crippen LogP contribution is 2.35. The van der Waals surface area contributed by atoms with Gasteiger partial charge in [-0.3, -0.25) is 0 Å². The SMILES string of the molecule is CC(C)(C)OC(=O)[N+]1(CC(C)(C)OC(=O)N2CCC(C(O)c3ccc4ccccc4c3)CC2)CCC(Cc2ccc3ccccc3c2)CC1. The molecule has 1 atom stereocenters. The summed E-state index contributed by atoms with van der Waals surface area (Å²) in [7, 11) is 0. The molecular weight excluding hydrogens is 612 g/mol. The number of fused-ring (bicyclic) bond motifs is 2. The molecule has 2 heterocycles. The maximum atomic E-state index is 13.9. The molecule has 2 amide bonds. The van der Waals surface area contributed by atoms with Crippen LogP contribution in [0.1, 0.15) is 77.5 Å². The van der Waals surface area contributed by atoms with E-state index in [1.807, 2.05) is 52.8 Å². The minimum absolute atomic E-state index is 0.0649. The zero-order valence-corrected chi connectivity index (χ0v) is 29.9. The lowest BCUT2D eigenvalue weighted by atomic mass is 9.87. The first-order valence-electron chi connectivity index (χ1n) is 18.0. The third-order valence-corrected chi connectivity index (χ3v) is 10.5. The Morgan fingerprint density at radius 3 is 1.96 bits per heavy atom. The van der Waals surface area contributed by atoms with Crippen LogP contribution in [0, 0.1) is 11.8 Å². The van der Waals surface area contributed by atoms with Crippen molar-refractivity contribution >= 4 is 33.7 Å². The van der Waals surface area contributed by atoms with Gasteiger partial charge in [0, 0.05) is 25.9 Å². The van der Waals surface area contributed by atoms with E-state index in [2.05, 4.69) is 66.7 Å². The van der Waals surface area contributed by atoms with Gasteiger partial charge in [-0.2, -0.15) is 4.79 Å². The topological polar surface area (TPSA) is 76.1 Å². The number of benzene rings is 4. The van der Waals surface area contributed by atoms with Crippen molar-refractivity contribution in [1.82, 2.24) is 4.90 Å². The number of quaternary nitrogens is 1. The first-order valence-corrected chi connectivity index (χ1v) is 18.0. The highest BCUT2D eigenvalue weighted by atomic mass is 16.6. The molecular formula is C42H53N2O5+. The van der Waals surface area contributed by atoms with E-state index >= 15 is 0 Å². The number of rotatable bonds is 7. The average Bonchev–Trinajstić information content (AvgIpc) is 3.07. The number of likely N-dealkylation sites (tertiary alicyclic amines) is 2. The van der Waals surface area contributed by atoms with Crippen LogP contribution in [0.4, 0.5) is 9.59 Å². The second-order valence-corrected chi connectivity index (χ2v) is 16.1. The molecule has 260 valence electrons. The van der Waals surface area contributed by atoms with Gasteiger partial charge >= 0.3 is 12.2 Å². The largest absolute Gasteiger partial charge is 0.516 e. The van der Waals surface area contributed by atoms with E-state index in [0.29, 0.717) is 51.5 Å². The Morgan fingerprint density at radius 1 is 0.776 bits per heavy atom. The molecule has 0 spiro atoms. The van der Waals surface area contributed by atoms with E-state index in [1.165, 1.54) is 16.3 Å². The Bertz CT molecular complexity index is 1780. The standard InChI is InChI=1S/C42H53N2O5/c1-41(2,3)49-40(47)44(24-20-30(21-25-44)26-31-14-15-32-10-6-8-12-35(32)27-31)29-42(4,5)48-39(46)43-22-18-34(19-23-43)38(45)37-17-16-33-11-7-9-13-36(33)28-37/h6-17,27-28,30,34,38,45H,18-26,29H2,1-5H3/q+1. The predicted octanol–water partition coefficient (Wildman–Crippen LogP) is 9.06. The van der Waals surface area contributed by atoms with Gasteiger partial charge in [0.1, 0.15) is 12.1 Å². The van der Waals surface area contributed by atoms with Crippen LogP contribution in [-0.4, -0.2) is 70.6 Å². The monoisotopic (exact) mass is 665 g/mol. The summed E-state index contributed by atoms with van der Waals surface area (Å²) in [5, 5.41) is 16.0. The van der Waals surface area contributed by atoms with E-state index in [9.17, 15) is 14.7 Å². The van der Waals surface area contributed by atoms with Crippen molar-refractivity contribution in [3.63, 3.8) is 0 Å².